The molecule has 4 atom stereocenters. The molecule has 1 aliphatic rings. The number of ether oxygens (including phenoxy) is 6. The lowest BCUT2D eigenvalue weighted by atomic mass is 10.1. The van der Waals surface area contributed by atoms with Crippen molar-refractivity contribution in [1.82, 2.24) is 0 Å². The summed E-state index contributed by atoms with van der Waals surface area (Å²) >= 11 is 0. The van der Waals surface area contributed by atoms with Crippen LogP contribution in [0.15, 0.2) is 12.2 Å². The van der Waals surface area contributed by atoms with E-state index in [-0.39, 0.29) is 78.5 Å². The molecule has 0 radical (unpaired) electrons. The maximum Gasteiger partial charge on any atom is 0.309 e. The molecule has 1 rings (SSSR count). The largest absolute Gasteiger partial charge is 0.463 e. The fourth-order valence-electron chi connectivity index (χ4n) is 2.92. The molecule has 1 fully saturated rings. The van der Waals surface area contributed by atoms with Gasteiger partial charge in [0.15, 0.2) is 0 Å². The molecule has 3 N–H and O–H groups in total. The van der Waals surface area contributed by atoms with Crippen LogP contribution in [0.25, 0.3) is 0 Å². The Hall–Kier alpha value is -1.11. The molecular formula is C20H36O10. The fraction of sp³-hybridized carbons (Fsp3) is 0.850. The van der Waals surface area contributed by atoms with Crippen molar-refractivity contribution < 1.29 is 48.5 Å². The van der Waals surface area contributed by atoms with Gasteiger partial charge in [0.2, 0.25) is 0 Å². The van der Waals surface area contributed by atoms with Crippen molar-refractivity contribution in [3.05, 3.63) is 12.2 Å². The summed E-state index contributed by atoms with van der Waals surface area (Å²) in [6.45, 7) is 2.51. The van der Waals surface area contributed by atoms with Crippen molar-refractivity contribution in [2.75, 3.05) is 66.1 Å². The van der Waals surface area contributed by atoms with Crippen molar-refractivity contribution in [2.45, 2.75) is 44.2 Å². The summed E-state index contributed by atoms with van der Waals surface area (Å²) in [5.74, 6) is -0.322. The number of rotatable bonds is 18. The molecule has 30 heavy (non-hydrogen) atoms. The van der Waals surface area contributed by atoms with E-state index >= 15 is 0 Å². The van der Waals surface area contributed by atoms with Crippen molar-refractivity contribution >= 4 is 5.97 Å². The van der Waals surface area contributed by atoms with Gasteiger partial charge in [0.1, 0.15) is 31.0 Å². The normalized spacial score (nSPS) is 22.6. The van der Waals surface area contributed by atoms with E-state index in [1.807, 2.05) is 13.0 Å². The molecule has 4 unspecified atom stereocenters. The summed E-state index contributed by atoms with van der Waals surface area (Å²) in [7, 11) is 0. The minimum atomic E-state index is -0.563. The van der Waals surface area contributed by atoms with Crippen LogP contribution in [0.1, 0.15) is 19.8 Å². The van der Waals surface area contributed by atoms with Crippen LogP contribution in [-0.4, -0.2) is 112 Å². The molecule has 0 bridgehead atoms. The quantitative estimate of drug-likeness (QED) is 0.146. The van der Waals surface area contributed by atoms with Crippen molar-refractivity contribution in [1.29, 1.82) is 0 Å². The summed E-state index contributed by atoms with van der Waals surface area (Å²) < 4.78 is 33.4. The Morgan fingerprint density at radius 1 is 1.03 bits per heavy atom. The SMILES string of the molecule is CC/C=C\CC(=O)OCCOCC(OCCO)C1OCC(OCCO)C1OCCO. The number of carbonyl (C=O) groups excluding carboxylic acids is 1. The Labute approximate surface area is 177 Å². The summed E-state index contributed by atoms with van der Waals surface area (Å²) in [6, 6.07) is 0. The van der Waals surface area contributed by atoms with Crippen molar-refractivity contribution in [3.63, 3.8) is 0 Å². The maximum atomic E-state index is 11.6. The van der Waals surface area contributed by atoms with Gasteiger partial charge in [-0.05, 0) is 6.42 Å². The van der Waals surface area contributed by atoms with Crippen LogP contribution >= 0.6 is 0 Å². The van der Waals surface area contributed by atoms with Crippen LogP contribution in [0, 0.1) is 0 Å². The lowest BCUT2D eigenvalue weighted by molar-refractivity contribution is -0.148. The lowest BCUT2D eigenvalue weighted by Gasteiger charge is -2.29. The molecule has 1 heterocycles. The van der Waals surface area contributed by atoms with Crippen LogP contribution < -0.4 is 0 Å². The van der Waals surface area contributed by atoms with E-state index in [2.05, 4.69) is 0 Å². The van der Waals surface area contributed by atoms with E-state index in [1.165, 1.54) is 0 Å². The minimum Gasteiger partial charge on any atom is -0.463 e. The van der Waals surface area contributed by atoms with Gasteiger partial charge in [-0.15, -0.1) is 0 Å². The molecule has 10 nitrogen and oxygen atoms in total. The Kier molecular flexibility index (Phi) is 15.8. The molecule has 10 heteroatoms. The fourth-order valence-corrected chi connectivity index (χ4v) is 2.92. The Balaban J connectivity index is 2.51. The van der Waals surface area contributed by atoms with Gasteiger partial charge in [-0.1, -0.05) is 19.1 Å². The number of aliphatic hydroxyl groups is 3. The predicted octanol–water partition coefficient (Wildman–Crippen LogP) is -0.566. The third kappa shape index (κ3) is 10.8. The summed E-state index contributed by atoms with van der Waals surface area (Å²) in [5, 5.41) is 27.2. The second kappa shape index (κ2) is 17.6. The first kappa shape index (κ1) is 26.9. The highest BCUT2D eigenvalue weighted by Gasteiger charge is 2.44. The molecule has 1 aliphatic heterocycles. The molecule has 0 aliphatic carbocycles. The van der Waals surface area contributed by atoms with Gasteiger partial charge in [0, 0.05) is 0 Å². The topological polar surface area (TPSA) is 133 Å². The molecule has 0 spiro atoms. The van der Waals surface area contributed by atoms with Crippen LogP contribution in [-0.2, 0) is 33.2 Å². The number of aliphatic hydroxyl groups excluding tert-OH is 3. The zero-order valence-electron chi connectivity index (χ0n) is 17.6. The lowest BCUT2D eigenvalue weighted by Crippen LogP contribution is -2.45. The highest BCUT2D eigenvalue weighted by molar-refractivity contribution is 5.71. The standard InChI is InChI=1S/C20H36O10/c1-2-3-4-5-18(24)28-13-12-25-14-16(26-9-6-21)20-19(29-11-8-23)17(15-30-20)27-10-7-22/h3-4,16-17,19-23H,2,5-15H2,1H3/b4-3-. The number of allylic oxidation sites excluding steroid dienone is 1. The van der Waals surface area contributed by atoms with Gasteiger partial charge in [-0.3, -0.25) is 4.79 Å². The molecule has 176 valence electrons. The highest BCUT2D eigenvalue weighted by Crippen LogP contribution is 2.25. The smallest absolute Gasteiger partial charge is 0.309 e. The average molecular weight is 436 g/mol. The number of hydrogen-bond donors (Lipinski definition) is 3. The molecule has 0 aromatic rings. The maximum absolute atomic E-state index is 11.6. The summed E-state index contributed by atoms with van der Waals surface area (Å²) in [5.41, 5.74) is 0. The Morgan fingerprint density at radius 2 is 1.77 bits per heavy atom. The molecular weight excluding hydrogens is 400 g/mol. The Bertz CT molecular complexity index is 459. The van der Waals surface area contributed by atoms with E-state index in [1.54, 1.807) is 6.08 Å². The molecule has 0 saturated carbocycles. The van der Waals surface area contributed by atoms with Gasteiger partial charge in [0.25, 0.3) is 0 Å². The van der Waals surface area contributed by atoms with Crippen molar-refractivity contribution in [3.8, 4) is 0 Å². The first-order chi connectivity index (χ1) is 14.7. The van der Waals surface area contributed by atoms with E-state index < -0.39 is 24.4 Å². The Morgan fingerprint density at radius 3 is 2.47 bits per heavy atom. The molecule has 0 aromatic carbocycles. The van der Waals surface area contributed by atoms with Crippen LogP contribution in [0.2, 0.25) is 0 Å². The van der Waals surface area contributed by atoms with Gasteiger partial charge < -0.3 is 43.7 Å². The van der Waals surface area contributed by atoms with Crippen LogP contribution in [0.5, 0.6) is 0 Å². The monoisotopic (exact) mass is 436 g/mol. The van der Waals surface area contributed by atoms with Crippen LogP contribution in [0.3, 0.4) is 0 Å². The third-order valence-corrected chi connectivity index (χ3v) is 4.22. The summed E-state index contributed by atoms with van der Waals surface area (Å²) in [4.78, 5) is 11.6. The number of carbonyl (C=O) groups is 1. The first-order valence-electron chi connectivity index (χ1n) is 10.3. The second-order valence-electron chi connectivity index (χ2n) is 6.50. The average Bonchev–Trinajstić information content (AvgIpc) is 3.15. The van der Waals surface area contributed by atoms with E-state index in [9.17, 15) is 4.79 Å². The van der Waals surface area contributed by atoms with Gasteiger partial charge in [-0.2, -0.15) is 0 Å². The van der Waals surface area contributed by atoms with Gasteiger partial charge in [-0.25, -0.2) is 0 Å². The molecule has 0 amide bonds. The molecule has 0 aromatic heterocycles. The van der Waals surface area contributed by atoms with E-state index in [4.69, 9.17) is 43.7 Å². The van der Waals surface area contributed by atoms with E-state index in [0.717, 1.165) is 6.42 Å². The minimum absolute atomic E-state index is 0.0848. The third-order valence-electron chi connectivity index (χ3n) is 4.22. The van der Waals surface area contributed by atoms with Crippen molar-refractivity contribution in [2.24, 2.45) is 0 Å². The zero-order chi connectivity index (χ0) is 22.0. The summed E-state index contributed by atoms with van der Waals surface area (Å²) in [6.07, 6.45) is 2.69. The van der Waals surface area contributed by atoms with Gasteiger partial charge in [0.05, 0.1) is 65.9 Å². The number of hydrogen-bond acceptors (Lipinski definition) is 10. The highest BCUT2D eigenvalue weighted by atomic mass is 16.6. The zero-order valence-corrected chi connectivity index (χ0v) is 17.6. The molecule has 1 saturated heterocycles. The van der Waals surface area contributed by atoms with E-state index in [0.29, 0.717) is 0 Å². The number of esters is 1. The second-order valence-corrected chi connectivity index (χ2v) is 6.50. The van der Waals surface area contributed by atoms with Crippen LogP contribution in [0.4, 0.5) is 0 Å². The first-order valence-corrected chi connectivity index (χ1v) is 10.3. The predicted molar refractivity (Wildman–Crippen MR) is 106 cm³/mol. The van der Waals surface area contributed by atoms with Gasteiger partial charge >= 0.3 is 5.97 Å².